The summed E-state index contributed by atoms with van der Waals surface area (Å²) in [5, 5.41) is -0.209. The second-order valence-corrected chi connectivity index (χ2v) is 6.93. The maximum absolute atomic E-state index is 12.0. The van der Waals surface area contributed by atoms with Crippen LogP contribution in [0.4, 0.5) is 0 Å². The largest absolute Gasteiger partial charge is 0.240 e. The number of hydrogen-bond acceptors (Lipinski definition) is 2. The van der Waals surface area contributed by atoms with E-state index in [1.54, 1.807) is 19.1 Å². The Morgan fingerprint density at radius 2 is 2.06 bits per heavy atom. The van der Waals surface area contributed by atoms with Gasteiger partial charge in [-0.3, -0.25) is 0 Å². The van der Waals surface area contributed by atoms with Crippen LogP contribution >= 0.6 is 11.6 Å². The molecule has 0 radical (unpaired) electrons. The second kappa shape index (κ2) is 4.96. The highest BCUT2D eigenvalue weighted by Crippen LogP contribution is 2.24. The Kier molecular flexibility index (Phi) is 3.76. The number of aryl methyl sites for hydroxylation is 2. The molecule has 0 heterocycles. The van der Waals surface area contributed by atoms with Crippen molar-refractivity contribution in [2.45, 2.75) is 36.5 Å². The maximum Gasteiger partial charge on any atom is 0.240 e. The summed E-state index contributed by atoms with van der Waals surface area (Å²) < 4.78 is 26.4. The summed E-state index contributed by atoms with van der Waals surface area (Å²) in [4.78, 5) is 0.343. The highest BCUT2D eigenvalue weighted by atomic mass is 35.5. The molecule has 0 fully saturated rings. The van der Waals surface area contributed by atoms with E-state index in [0.29, 0.717) is 4.90 Å². The van der Waals surface area contributed by atoms with Gasteiger partial charge in [0.05, 0.1) is 4.90 Å². The van der Waals surface area contributed by atoms with Crippen molar-refractivity contribution in [2.24, 2.45) is 0 Å². The molecule has 0 amide bonds. The maximum atomic E-state index is 12.0. The average Bonchev–Trinajstić information content (AvgIpc) is 2.73. The van der Waals surface area contributed by atoms with E-state index in [4.69, 9.17) is 11.6 Å². The minimum atomic E-state index is -3.41. The zero-order valence-electron chi connectivity index (χ0n) is 9.74. The fourth-order valence-corrected chi connectivity index (χ4v) is 3.37. The van der Waals surface area contributed by atoms with E-state index in [1.807, 2.05) is 6.07 Å². The van der Waals surface area contributed by atoms with Crippen molar-refractivity contribution in [3.63, 3.8) is 0 Å². The van der Waals surface area contributed by atoms with E-state index in [0.717, 1.165) is 24.8 Å². The second-order valence-electron chi connectivity index (χ2n) is 4.42. The van der Waals surface area contributed by atoms with Crippen molar-refractivity contribution in [2.75, 3.05) is 6.54 Å². The highest BCUT2D eigenvalue weighted by molar-refractivity contribution is 7.89. The van der Waals surface area contributed by atoms with Crippen molar-refractivity contribution in [1.29, 1.82) is 0 Å². The van der Waals surface area contributed by atoms with Crippen LogP contribution in [0.25, 0.3) is 0 Å². The zero-order chi connectivity index (χ0) is 12.5. The molecule has 17 heavy (non-hydrogen) atoms. The lowest BCUT2D eigenvalue weighted by Crippen LogP contribution is -2.28. The molecule has 0 spiro atoms. The molecular formula is C12H16ClNO2S. The summed E-state index contributed by atoms with van der Waals surface area (Å²) in [7, 11) is -3.41. The van der Waals surface area contributed by atoms with Gasteiger partial charge in [-0.15, -0.1) is 11.6 Å². The molecule has 1 N–H and O–H groups in total. The number of halogens is 1. The minimum absolute atomic E-state index is 0.209. The molecule has 5 heteroatoms. The van der Waals surface area contributed by atoms with Gasteiger partial charge in [0.1, 0.15) is 0 Å². The molecule has 1 aliphatic carbocycles. The molecule has 1 unspecified atom stereocenters. The summed E-state index contributed by atoms with van der Waals surface area (Å²) in [6.07, 6.45) is 3.15. The van der Waals surface area contributed by atoms with Gasteiger partial charge in [0.2, 0.25) is 10.0 Å². The normalized spacial score (nSPS) is 16.8. The number of benzene rings is 1. The third-order valence-corrected chi connectivity index (χ3v) is 4.51. The van der Waals surface area contributed by atoms with E-state index >= 15 is 0 Å². The molecule has 0 bridgehead atoms. The standard InChI is InChI=1S/C12H16ClNO2S/c1-9(13)8-14-17(15,16)12-6-5-10-3-2-4-11(10)7-12/h5-7,9,14H,2-4,8H2,1H3. The number of alkyl halides is 1. The first-order valence-electron chi connectivity index (χ1n) is 5.74. The summed E-state index contributed by atoms with van der Waals surface area (Å²) in [5.74, 6) is 0. The van der Waals surface area contributed by atoms with Crippen LogP contribution in [0.3, 0.4) is 0 Å². The Morgan fingerprint density at radius 3 is 2.76 bits per heavy atom. The van der Waals surface area contributed by atoms with Gasteiger partial charge < -0.3 is 0 Å². The molecule has 94 valence electrons. The molecule has 0 saturated heterocycles. The van der Waals surface area contributed by atoms with Gasteiger partial charge in [-0.25, -0.2) is 13.1 Å². The number of sulfonamides is 1. The van der Waals surface area contributed by atoms with Gasteiger partial charge in [0.25, 0.3) is 0 Å². The van der Waals surface area contributed by atoms with Gasteiger partial charge in [-0.1, -0.05) is 6.07 Å². The van der Waals surface area contributed by atoms with Crippen molar-refractivity contribution < 1.29 is 8.42 Å². The summed E-state index contributed by atoms with van der Waals surface area (Å²) in [5.41, 5.74) is 2.43. The first-order valence-corrected chi connectivity index (χ1v) is 7.66. The predicted molar refractivity (Wildman–Crippen MR) is 69.0 cm³/mol. The summed E-state index contributed by atoms with van der Waals surface area (Å²) in [6, 6.07) is 5.37. The Labute approximate surface area is 107 Å². The smallest absolute Gasteiger partial charge is 0.210 e. The topological polar surface area (TPSA) is 46.2 Å². The van der Waals surface area contributed by atoms with Gasteiger partial charge >= 0.3 is 0 Å². The SMILES string of the molecule is CC(Cl)CNS(=O)(=O)c1ccc2c(c1)CCC2. The molecule has 0 saturated carbocycles. The van der Waals surface area contributed by atoms with E-state index in [2.05, 4.69) is 4.72 Å². The van der Waals surface area contributed by atoms with Gasteiger partial charge in [0.15, 0.2) is 0 Å². The lowest BCUT2D eigenvalue weighted by Gasteiger charge is -2.09. The predicted octanol–water partition coefficient (Wildman–Crippen LogP) is 2.08. The van der Waals surface area contributed by atoms with Crippen LogP contribution < -0.4 is 4.72 Å². The van der Waals surface area contributed by atoms with E-state index < -0.39 is 10.0 Å². The van der Waals surface area contributed by atoms with Crippen LogP contribution in [0.5, 0.6) is 0 Å². The Hall–Kier alpha value is -0.580. The fourth-order valence-electron chi connectivity index (χ4n) is 2.02. The third kappa shape index (κ3) is 3.00. The number of fused-ring (bicyclic) bond motifs is 1. The first kappa shape index (κ1) is 12.9. The molecule has 1 aromatic carbocycles. The number of hydrogen-bond donors (Lipinski definition) is 1. The number of rotatable bonds is 4. The van der Waals surface area contributed by atoms with E-state index in [1.165, 1.54) is 5.56 Å². The van der Waals surface area contributed by atoms with Crippen molar-refractivity contribution in [1.82, 2.24) is 4.72 Å². The highest BCUT2D eigenvalue weighted by Gasteiger charge is 2.18. The third-order valence-electron chi connectivity index (χ3n) is 2.93. The Morgan fingerprint density at radius 1 is 1.35 bits per heavy atom. The van der Waals surface area contributed by atoms with Crippen LogP contribution in [-0.4, -0.2) is 20.3 Å². The molecule has 0 aliphatic heterocycles. The summed E-state index contributed by atoms with van der Waals surface area (Å²) in [6.45, 7) is 2.01. The monoisotopic (exact) mass is 273 g/mol. The van der Waals surface area contributed by atoms with Crippen molar-refractivity contribution >= 4 is 21.6 Å². The summed E-state index contributed by atoms with van der Waals surface area (Å²) >= 11 is 5.74. The fraction of sp³-hybridized carbons (Fsp3) is 0.500. The van der Waals surface area contributed by atoms with Crippen LogP contribution in [-0.2, 0) is 22.9 Å². The van der Waals surface area contributed by atoms with E-state index in [-0.39, 0.29) is 11.9 Å². The van der Waals surface area contributed by atoms with Crippen LogP contribution in [0.15, 0.2) is 23.1 Å². The molecule has 0 aromatic heterocycles. The first-order chi connectivity index (χ1) is 7.99. The van der Waals surface area contributed by atoms with Crippen LogP contribution in [0.1, 0.15) is 24.5 Å². The molecular weight excluding hydrogens is 258 g/mol. The Balaban J connectivity index is 2.22. The molecule has 1 atom stereocenters. The van der Waals surface area contributed by atoms with Gasteiger partial charge in [0, 0.05) is 11.9 Å². The van der Waals surface area contributed by atoms with Crippen LogP contribution in [0.2, 0.25) is 0 Å². The van der Waals surface area contributed by atoms with Crippen molar-refractivity contribution in [3.05, 3.63) is 29.3 Å². The van der Waals surface area contributed by atoms with E-state index in [9.17, 15) is 8.42 Å². The van der Waals surface area contributed by atoms with Gasteiger partial charge in [-0.05, 0) is 49.4 Å². The minimum Gasteiger partial charge on any atom is -0.210 e. The van der Waals surface area contributed by atoms with Crippen molar-refractivity contribution in [3.8, 4) is 0 Å². The molecule has 1 aromatic rings. The van der Waals surface area contributed by atoms with Gasteiger partial charge in [-0.2, -0.15) is 0 Å². The molecule has 1 aliphatic rings. The Bertz CT molecular complexity index is 511. The lowest BCUT2D eigenvalue weighted by atomic mass is 10.1. The average molecular weight is 274 g/mol. The lowest BCUT2D eigenvalue weighted by molar-refractivity contribution is 0.581. The molecule has 2 rings (SSSR count). The zero-order valence-corrected chi connectivity index (χ0v) is 11.3. The van der Waals surface area contributed by atoms with Crippen LogP contribution in [0, 0.1) is 0 Å². The number of nitrogens with one attached hydrogen (secondary N) is 1. The molecule has 3 nitrogen and oxygen atoms in total. The quantitative estimate of drug-likeness (QED) is 0.854.